The van der Waals surface area contributed by atoms with Gasteiger partial charge in [0.1, 0.15) is 25.4 Å². The number of rotatable bonds is 92. The van der Waals surface area contributed by atoms with E-state index in [1.165, 1.54) is 205 Å². The van der Waals surface area contributed by atoms with Gasteiger partial charge in [0.2, 0.25) is 0 Å². The van der Waals surface area contributed by atoms with Crippen molar-refractivity contribution in [2.75, 3.05) is 39.6 Å². The molecule has 0 saturated carbocycles. The number of hydrogen-bond acceptors (Lipinski definition) is 14. The van der Waals surface area contributed by atoms with Gasteiger partial charge >= 0.3 is 33.6 Å². The highest BCUT2D eigenvalue weighted by molar-refractivity contribution is 7.47. The zero-order valence-corrected chi connectivity index (χ0v) is 78.7. The fourth-order valence-corrected chi connectivity index (χ4v) is 14.9. The summed E-state index contributed by atoms with van der Waals surface area (Å²) in [7, 11) is -9.82. The van der Waals surface area contributed by atoms with Crippen LogP contribution in [-0.2, 0) is 55.8 Å². The second-order valence-corrected chi connectivity index (χ2v) is 35.4. The number of ether oxygens (including phenoxy) is 3. The lowest BCUT2D eigenvalue weighted by Crippen LogP contribution is -2.30. The van der Waals surface area contributed by atoms with Crippen molar-refractivity contribution in [1.82, 2.24) is 0 Å². The minimum atomic E-state index is -4.95. The number of aliphatic hydroxyl groups is 2. The van der Waals surface area contributed by atoms with E-state index >= 15 is 0 Å². The third-order valence-electron chi connectivity index (χ3n) is 20.7. The number of allylic oxidation sites excluding steroid dienone is 26. The average molecular weight is 1730 g/mol. The van der Waals surface area contributed by atoms with E-state index in [0.717, 1.165) is 154 Å². The van der Waals surface area contributed by atoms with Crippen LogP contribution in [-0.4, -0.2) is 95.9 Å². The first-order valence-corrected chi connectivity index (χ1v) is 51.8. The largest absolute Gasteiger partial charge is 0.472 e. The van der Waals surface area contributed by atoms with E-state index < -0.39 is 91.5 Å². The number of aliphatic hydroxyl groups excluding tert-OH is 2. The molecule has 0 spiro atoms. The van der Waals surface area contributed by atoms with Crippen LogP contribution in [0.4, 0.5) is 0 Å². The molecule has 18 heteroatoms. The van der Waals surface area contributed by atoms with Gasteiger partial charge in [-0.3, -0.25) is 32.5 Å². The zero-order valence-electron chi connectivity index (χ0n) is 76.9. The van der Waals surface area contributed by atoms with Crippen LogP contribution in [0.3, 0.4) is 0 Å². The monoisotopic (exact) mass is 1730 g/mol. The van der Waals surface area contributed by atoms with Crippen LogP contribution in [0, 0.1) is 0 Å². The van der Waals surface area contributed by atoms with Gasteiger partial charge in [-0.1, -0.05) is 403 Å². The summed E-state index contributed by atoms with van der Waals surface area (Å²) in [5, 5.41) is 20.8. The second-order valence-electron chi connectivity index (χ2n) is 32.5. The molecule has 0 aliphatic rings. The van der Waals surface area contributed by atoms with Crippen molar-refractivity contribution in [1.29, 1.82) is 0 Å². The molecule has 0 aromatic carbocycles. The van der Waals surface area contributed by atoms with Crippen LogP contribution in [0.15, 0.2) is 158 Å². The molecule has 0 radical (unpaired) electrons. The van der Waals surface area contributed by atoms with Crippen LogP contribution in [0.1, 0.15) is 419 Å². The molecule has 16 nitrogen and oxygen atoms in total. The normalized spacial score (nSPS) is 14.4. The Morgan fingerprint density at radius 2 is 0.438 bits per heavy atom. The predicted molar refractivity (Wildman–Crippen MR) is 509 cm³/mol. The van der Waals surface area contributed by atoms with Gasteiger partial charge in [-0.15, -0.1) is 0 Å². The third kappa shape index (κ3) is 95.7. The molecule has 0 aliphatic heterocycles. The Balaban J connectivity index is 4.62. The summed E-state index contributed by atoms with van der Waals surface area (Å²) >= 11 is 0. The molecule has 5 atom stereocenters. The van der Waals surface area contributed by atoms with E-state index in [-0.39, 0.29) is 19.3 Å². The Bertz CT molecular complexity index is 2830. The van der Waals surface area contributed by atoms with Gasteiger partial charge in [-0.25, -0.2) is 9.13 Å². The molecule has 121 heavy (non-hydrogen) atoms. The molecule has 0 bridgehead atoms. The predicted octanol–water partition coefficient (Wildman–Crippen LogP) is 30.5. The summed E-state index contributed by atoms with van der Waals surface area (Å²) in [6, 6.07) is 0. The topological polar surface area (TPSA) is 231 Å². The molecule has 0 amide bonds. The number of unbranched alkanes of at least 4 members (excludes halogenated alkanes) is 43. The number of hydrogen-bond donors (Lipinski definition) is 4. The maximum Gasteiger partial charge on any atom is 0.472 e. The molecule has 0 aromatic heterocycles. The maximum atomic E-state index is 13.1. The average Bonchev–Trinajstić information content (AvgIpc) is 0.894. The van der Waals surface area contributed by atoms with Gasteiger partial charge in [0.25, 0.3) is 0 Å². The van der Waals surface area contributed by atoms with Crippen molar-refractivity contribution in [3.8, 4) is 0 Å². The maximum absolute atomic E-state index is 13.1. The Kier molecular flexibility index (Phi) is 90.5. The van der Waals surface area contributed by atoms with Crippen molar-refractivity contribution in [2.24, 2.45) is 0 Å². The molecule has 4 N–H and O–H groups in total. The number of carbonyl (C=O) groups is 3. The van der Waals surface area contributed by atoms with E-state index in [1.807, 2.05) is 0 Å². The van der Waals surface area contributed by atoms with Crippen LogP contribution in [0.2, 0.25) is 0 Å². The molecule has 0 fully saturated rings. The van der Waals surface area contributed by atoms with Crippen molar-refractivity contribution in [3.05, 3.63) is 158 Å². The van der Waals surface area contributed by atoms with E-state index in [9.17, 15) is 43.5 Å². The van der Waals surface area contributed by atoms with Crippen molar-refractivity contribution in [3.63, 3.8) is 0 Å². The lowest BCUT2D eigenvalue weighted by Gasteiger charge is -2.21. The molecular formula is C103H178O16P2. The summed E-state index contributed by atoms with van der Waals surface area (Å²) in [5.74, 6) is -1.57. The van der Waals surface area contributed by atoms with Gasteiger partial charge in [-0.2, -0.15) is 0 Å². The number of esters is 3. The fourth-order valence-electron chi connectivity index (χ4n) is 13.3. The first-order valence-electron chi connectivity index (χ1n) is 48.8. The number of phosphoric acid groups is 2. The van der Waals surface area contributed by atoms with Gasteiger partial charge in [-0.05, 0) is 154 Å². The fraction of sp³-hybridized carbons (Fsp3) is 0.718. The number of carbonyl (C=O) groups excluding carboxylic acids is 3. The minimum absolute atomic E-state index is 0.0948. The van der Waals surface area contributed by atoms with Gasteiger partial charge in [0.15, 0.2) is 6.10 Å². The second kappa shape index (κ2) is 94.3. The molecule has 0 saturated heterocycles. The molecule has 5 unspecified atom stereocenters. The van der Waals surface area contributed by atoms with E-state index in [4.69, 9.17) is 32.3 Å². The molecule has 696 valence electrons. The molecule has 0 aromatic rings. The minimum Gasteiger partial charge on any atom is -0.463 e. The lowest BCUT2D eigenvalue weighted by atomic mass is 10.0. The summed E-state index contributed by atoms with van der Waals surface area (Å²) < 4.78 is 61.6. The molecule has 0 rings (SSSR count). The SMILES string of the molecule is CC/C=C\C/C=C\C/C=C\C/C=C\C/C=C\CCCCCCCCCCCCCCCCCC(=O)OCC(O)COP(=O)(O)OCC(O)COP(=O)(O)OCC(COC(=O)CCCCCCCCCCCCCCC/C=C\C/C=C\C/C=C\C/C=C\CCCCC)OC(=O)CCCCCCCCCCC/C=C\C/C=C\C/C=C\C/C=C\CCCCC. The van der Waals surface area contributed by atoms with Crippen molar-refractivity contribution in [2.45, 2.75) is 437 Å². The van der Waals surface area contributed by atoms with Crippen molar-refractivity contribution < 1.29 is 75.8 Å². The number of phosphoric ester groups is 2. The van der Waals surface area contributed by atoms with Gasteiger partial charge in [0, 0.05) is 19.3 Å². The standard InChI is InChI=1S/C103H178O16P2/c1-4-7-10-13-16-19-22-25-28-31-34-37-40-43-45-47-48-50-52-54-56-59-62-65-68-71-74-77-80-83-86-89-101(106)113-92-98(104)93-115-120(109,110)116-94-99(105)95-117-121(111,112)118-97-100(119-103(108)91-88-85-82-79-76-73-70-67-64-61-58-53-42-39-36-33-30-27-24-21-18-15-12-9-6-3)96-114-102(107)90-87-84-81-78-75-72-69-66-63-60-57-55-51-49-46-44-41-38-35-32-29-26-23-20-17-14-11-8-5-2/h7,10,16-21,25-30,34-39,43-46,53,58,98-100,104-105H,4-6,8-9,11-15,22-24,31-33,40-42,47-52,54-57,59-97H2,1-3H3,(H,109,110)(H,111,112)/b10-7-,19-16-,20-17-,21-18-,28-25-,29-26-,30-27-,37-34-,38-35-,39-36-,45-43-,46-44-,58-53-. The summed E-state index contributed by atoms with van der Waals surface area (Å²) in [6.45, 7) is 2.57. The van der Waals surface area contributed by atoms with Crippen LogP contribution in [0.5, 0.6) is 0 Å². The zero-order chi connectivity index (χ0) is 87.9. The highest BCUT2D eigenvalue weighted by atomic mass is 31.2. The summed E-state index contributed by atoms with van der Waals surface area (Å²) in [5.41, 5.74) is 0. The smallest absolute Gasteiger partial charge is 0.463 e. The Morgan fingerprint density at radius 3 is 0.694 bits per heavy atom. The third-order valence-corrected chi connectivity index (χ3v) is 22.6. The highest BCUT2D eigenvalue weighted by Crippen LogP contribution is 2.45. The van der Waals surface area contributed by atoms with Crippen LogP contribution in [0.25, 0.3) is 0 Å². The first-order chi connectivity index (χ1) is 59.2. The lowest BCUT2D eigenvalue weighted by molar-refractivity contribution is -0.161. The Morgan fingerprint density at radius 1 is 0.240 bits per heavy atom. The Labute approximate surface area is 740 Å². The van der Waals surface area contributed by atoms with E-state index in [1.54, 1.807) is 0 Å². The van der Waals surface area contributed by atoms with E-state index in [0.29, 0.717) is 19.3 Å². The van der Waals surface area contributed by atoms with Gasteiger partial charge < -0.3 is 34.2 Å². The first kappa shape index (κ1) is 116. The quantitative estimate of drug-likeness (QED) is 0.0146. The van der Waals surface area contributed by atoms with Crippen LogP contribution < -0.4 is 0 Å². The highest BCUT2D eigenvalue weighted by Gasteiger charge is 2.30. The molecule has 0 aliphatic carbocycles. The molecular weight excluding hydrogens is 1560 g/mol. The van der Waals surface area contributed by atoms with Crippen molar-refractivity contribution >= 4 is 33.6 Å². The molecule has 0 heterocycles. The Hall–Kier alpha value is -4.83. The summed E-state index contributed by atoms with van der Waals surface area (Å²) in [4.78, 5) is 59.1. The summed E-state index contributed by atoms with van der Waals surface area (Å²) in [6.07, 6.45) is 121. The van der Waals surface area contributed by atoms with Gasteiger partial charge in [0.05, 0.1) is 26.4 Å². The van der Waals surface area contributed by atoms with Crippen LogP contribution >= 0.6 is 15.6 Å². The van der Waals surface area contributed by atoms with E-state index in [2.05, 4.69) is 179 Å².